The molecule has 656 valence electrons. The van der Waals surface area contributed by atoms with Crippen molar-refractivity contribution in [2.75, 3.05) is 26.0 Å². The highest BCUT2D eigenvalue weighted by Crippen LogP contribution is 2.40. The van der Waals surface area contributed by atoms with E-state index in [4.69, 9.17) is 85.9 Å². The number of carbonyl (C=O) groups excluding carboxylic acids is 4. The minimum Gasteiger partial charge on any atom is -0.494 e. The number of pyridine rings is 8. The predicted octanol–water partition coefficient (Wildman–Crippen LogP) is 19.4. The van der Waals surface area contributed by atoms with Crippen molar-refractivity contribution in [2.45, 2.75) is 52.2 Å². The van der Waals surface area contributed by atoms with Gasteiger partial charge >= 0.3 is 12.4 Å². The number of alkyl halides is 6. The number of ether oxygens (including phenoxy) is 1. The normalized spacial score (nSPS) is 11.8. The smallest absolute Gasteiger partial charge is 0.417 e. The third-order valence-corrected chi connectivity index (χ3v) is 26.0. The molecule has 0 bridgehead atoms. The van der Waals surface area contributed by atoms with Crippen molar-refractivity contribution in [3.8, 4) is 5.75 Å². The molecule has 0 spiro atoms. The van der Waals surface area contributed by atoms with Crippen LogP contribution in [-0.2, 0) is 58.9 Å². The summed E-state index contributed by atoms with van der Waals surface area (Å²) in [4.78, 5) is 96.1. The summed E-state index contributed by atoms with van der Waals surface area (Å²) in [6, 6.07) is 30.0. The SMILES string of the molecule is CCc1cc(S(=O)(=O)Nc2cc(Cl)cnc2C(=O)c2ccnc3[nH]ccc23)ccc1Cl.COc1cnc2[nH]ccc2c1C(=O)c1ncc(C)cc1NS(=O)(=O)c1ccc(Cl)c(C(F)(F)F)c1.O=C(c1ncc(Cl)cc1NS(=O)(=O)c1ccc(Cl)c(Cl)c1)c1ccnc2[nH]ccc12.O=C(c1ncc(Cl)cc1NS(=O)(=O)c1cccc(C(F)(F)F)c1)c1ccnc2[nH]ccc12. The van der Waals surface area contributed by atoms with Gasteiger partial charge in [0, 0.05) is 111 Å². The van der Waals surface area contributed by atoms with Gasteiger partial charge < -0.3 is 24.7 Å². The van der Waals surface area contributed by atoms with Gasteiger partial charge in [-0.25, -0.2) is 68.6 Å². The molecule has 29 nitrogen and oxygen atoms in total. The number of carbonyl (C=O) groups is 4. The first-order chi connectivity index (χ1) is 60.5. The molecule has 16 aromatic rings. The Morgan fingerprint density at radius 2 is 0.758 bits per heavy atom. The zero-order valence-electron chi connectivity index (χ0n) is 64.9. The van der Waals surface area contributed by atoms with Crippen LogP contribution in [0.4, 0.5) is 49.1 Å². The number of methoxy groups -OCH3 is 1. The number of fused-ring (bicyclic) bond motifs is 4. The van der Waals surface area contributed by atoms with Crippen molar-refractivity contribution in [1.29, 1.82) is 0 Å². The number of nitrogens with one attached hydrogen (secondary N) is 8. The van der Waals surface area contributed by atoms with Crippen molar-refractivity contribution >= 4 is 211 Å². The number of aromatic amines is 4. The third kappa shape index (κ3) is 20.6. The Morgan fingerprint density at radius 1 is 0.383 bits per heavy atom. The van der Waals surface area contributed by atoms with Crippen LogP contribution in [0.15, 0.2) is 240 Å². The minimum absolute atomic E-state index is 0.0176. The summed E-state index contributed by atoms with van der Waals surface area (Å²) in [5.41, 5.74) is 0.230. The number of sulfonamides is 4. The van der Waals surface area contributed by atoms with Gasteiger partial charge in [-0.3, -0.25) is 43.1 Å². The summed E-state index contributed by atoms with van der Waals surface area (Å²) in [6.07, 6.45) is 8.21. The van der Waals surface area contributed by atoms with E-state index in [-0.39, 0.29) is 97.3 Å². The fourth-order valence-electron chi connectivity index (χ4n) is 12.5. The molecule has 0 atom stereocenters. The molecule has 0 saturated heterocycles. The molecule has 16 rings (SSSR count). The second-order valence-corrected chi connectivity index (χ2v) is 36.5. The molecule has 0 fully saturated rings. The highest BCUT2D eigenvalue weighted by Gasteiger charge is 2.37. The van der Waals surface area contributed by atoms with Crippen LogP contribution < -0.4 is 23.6 Å². The molecule has 12 heterocycles. The van der Waals surface area contributed by atoms with Gasteiger partial charge in [-0.1, -0.05) is 94.2 Å². The van der Waals surface area contributed by atoms with Crippen LogP contribution in [0.5, 0.6) is 5.75 Å². The molecule has 12 aromatic heterocycles. The molecule has 0 unspecified atom stereocenters. The number of nitrogens with zero attached hydrogens (tertiary/aromatic N) is 8. The lowest BCUT2D eigenvalue weighted by Gasteiger charge is -2.15. The maximum atomic E-state index is 13.5. The first-order valence-corrected chi connectivity index (χ1v) is 44.9. The molecule has 0 aliphatic carbocycles. The van der Waals surface area contributed by atoms with Crippen LogP contribution in [0.25, 0.3) is 44.1 Å². The average Bonchev–Trinajstić information content (AvgIpc) is 1.29. The largest absolute Gasteiger partial charge is 0.494 e. The molecule has 0 radical (unpaired) electrons. The fourth-order valence-corrected chi connectivity index (χ4v) is 18.1. The Bertz CT molecular complexity index is 7620. The molecular formula is C82H55Cl7F6N16O13S4. The van der Waals surface area contributed by atoms with E-state index >= 15 is 0 Å². The Labute approximate surface area is 755 Å². The second kappa shape index (κ2) is 37.7. The molecular weight excluding hydrogens is 1910 g/mol. The van der Waals surface area contributed by atoms with E-state index in [1.54, 1.807) is 62.0 Å². The number of aromatic nitrogens is 12. The van der Waals surface area contributed by atoms with Gasteiger partial charge in [-0.2, -0.15) is 26.3 Å². The maximum absolute atomic E-state index is 13.5. The quantitative estimate of drug-likeness (QED) is 0.0231. The molecule has 46 heteroatoms. The van der Waals surface area contributed by atoms with Crippen molar-refractivity contribution in [2.24, 2.45) is 0 Å². The Kier molecular flexibility index (Phi) is 27.4. The number of hydrogen-bond donors (Lipinski definition) is 8. The van der Waals surface area contributed by atoms with Gasteiger partial charge in [-0.15, -0.1) is 0 Å². The van der Waals surface area contributed by atoms with E-state index in [2.05, 4.69) is 78.7 Å². The Hall–Kier alpha value is -12.7. The van der Waals surface area contributed by atoms with Crippen molar-refractivity contribution in [3.63, 3.8) is 0 Å². The van der Waals surface area contributed by atoms with Crippen LogP contribution in [0.1, 0.15) is 93.4 Å². The van der Waals surface area contributed by atoms with Gasteiger partial charge in [0.15, 0.2) is 0 Å². The lowest BCUT2D eigenvalue weighted by atomic mass is 10.0. The van der Waals surface area contributed by atoms with Gasteiger partial charge in [0.25, 0.3) is 40.1 Å². The van der Waals surface area contributed by atoms with Crippen molar-refractivity contribution in [1.82, 2.24) is 59.8 Å². The van der Waals surface area contributed by atoms with Crippen LogP contribution in [0.2, 0.25) is 35.2 Å². The lowest BCUT2D eigenvalue weighted by molar-refractivity contribution is -0.138. The van der Waals surface area contributed by atoms with Crippen LogP contribution >= 0.6 is 81.2 Å². The van der Waals surface area contributed by atoms with Crippen LogP contribution in [0.3, 0.4) is 0 Å². The van der Waals surface area contributed by atoms with E-state index < -0.39 is 102 Å². The summed E-state index contributed by atoms with van der Waals surface area (Å²) in [5, 5.41) is 2.56. The Balaban J connectivity index is 0.000000146. The topological polar surface area (TPSA) is 428 Å². The number of aryl methyl sites for hydroxylation is 2. The highest BCUT2D eigenvalue weighted by molar-refractivity contribution is 7.93. The first-order valence-electron chi connectivity index (χ1n) is 36.3. The Morgan fingerprint density at radius 3 is 1.17 bits per heavy atom. The highest BCUT2D eigenvalue weighted by atomic mass is 35.5. The number of benzene rings is 4. The van der Waals surface area contributed by atoms with E-state index in [1.807, 2.05) is 6.92 Å². The standard InChI is InChI=1S/C22H16ClF3N4O4S.C21H16Cl2N4O3S.C20H12ClF3N4O3S.C19H11Cl3N4O3S/c1-11-7-16(30-35(32,33)12-3-4-15(23)14(8-12)22(24,25)26)19(28-9-11)20(31)18-13-5-6-27-21(13)29-10-17(18)34-2;1-2-12-9-14(3-4-17(12)23)31(29,30)27-18-10-13(22)11-26-19(18)20(28)15-5-7-24-21-16(15)6-8-25-21;21-12-9-16(28-32(30,31)13-3-1-2-11(8-13)20(22,23)24)17(27-10-12)18(29)14-4-6-25-19-15(14)5-7-26-19;20-10-7-16(26-30(28,29)11-1-2-14(21)15(22)8-11)17(25-9-10)18(27)12-3-5-23-19-13(12)4-6-24-19/h3-10,30H,1-2H3,(H,27,29);3-11,27H,2H2,1H3,(H,24,25);1-10,28H,(H,25,26);1-9,26H,(H,23,24). The predicted molar refractivity (Wildman–Crippen MR) is 470 cm³/mol. The second-order valence-electron chi connectivity index (χ2n) is 26.9. The number of rotatable bonds is 22. The minimum atomic E-state index is -4.87. The summed E-state index contributed by atoms with van der Waals surface area (Å²) < 4.78 is 197. The number of halogens is 13. The molecule has 0 amide bonds. The zero-order chi connectivity index (χ0) is 92.3. The van der Waals surface area contributed by atoms with Crippen LogP contribution in [0, 0.1) is 6.92 Å². The van der Waals surface area contributed by atoms with Gasteiger partial charge in [0.2, 0.25) is 23.1 Å². The van der Waals surface area contributed by atoms with E-state index in [0.29, 0.717) is 90.0 Å². The number of hydrogen-bond acceptors (Lipinski definition) is 21. The molecule has 8 N–H and O–H groups in total. The van der Waals surface area contributed by atoms with Gasteiger partial charge in [0.05, 0.1) is 102 Å². The fraction of sp³-hybridized carbons (Fsp3) is 0.0732. The third-order valence-electron chi connectivity index (χ3n) is 18.5. The van der Waals surface area contributed by atoms with Crippen molar-refractivity contribution in [3.05, 3.63) is 322 Å². The molecule has 4 aromatic carbocycles. The summed E-state index contributed by atoms with van der Waals surface area (Å²) >= 11 is 41.5. The maximum Gasteiger partial charge on any atom is 0.417 e. The van der Waals surface area contributed by atoms with Crippen LogP contribution in [-0.4, -0.2) is 124 Å². The molecule has 0 aliphatic rings. The van der Waals surface area contributed by atoms with E-state index in [9.17, 15) is 79.2 Å². The number of ketones is 4. The summed E-state index contributed by atoms with van der Waals surface area (Å²) in [6.45, 7) is 3.49. The summed E-state index contributed by atoms with van der Waals surface area (Å²) in [5.74, 6) is -2.14. The first kappa shape index (κ1) is 93.0. The number of anilines is 4. The zero-order valence-corrected chi connectivity index (χ0v) is 73.5. The van der Waals surface area contributed by atoms with Gasteiger partial charge in [0.1, 0.15) is 51.1 Å². The average molecular weight is 1960 g/mol. The molecule has 0 saturated carbocycles. The van der Waals surface area contributed by atoms with Crippen molar-refractivity contribution < 1.29 is 83.9 Å². The van der Waals surface area contributed by atoms with E-state index in [1.165, 1.54) is 117 Å². The van der Waals surface area contributed by atoms with Gasteiger partial charge in [-0.05, 0) is 164 Å². The monoisotopic (exact) mass is 1960 g/mol. The molecule has 128 heavy (non-hydrogen) atoms. The lowest BCUT2D eigenvalue weighted by Crippen LogP contribution is -2.18. The molecule has 0 aliphatic heterocycles. The number of H-pyrrole nitrogens is 4. The van der Waals surface area contributed by atoms with E-state index in [0.717, 1.165) is 42.6 Å². The summed E-state index contributed by atoms with van der Waals surface area (Å²) in [7, 11) is -15.9.